The number of hydrogen-bond donors (Lipinski definition) is 1. The zero-order chi connectivity index (χ0) is 16.4. The second-order valence-electron chi connectivity index (χ2n) is 4.53. The maximum absolute atomic E-state index is 12.1. The Labute approximate surface area is 131 Å². The lowest BCUT2D eigenvalue weighted by molar-refractivity contribution is -0.137. The van der Waals surface area contributed by atoms with Gasteiger partial charge in [0, 0.05) is 13.1 Å². The maximum Gasteiger partial charge on any atom is 0.260 e. The molecule has 6 heteroatoms. The van der Waals surface area contributed by atoms with Gasteiger partial charge in [0.15, 0.2) is 18.1 Å². The van der Waals surface area contributed by atoms with Crippen LogP contribution < -0.4 is 14.8 Å². The predicted molar refractivity (Wildman–Crippen MR) is 84.0 cm³/mol. The normalized spacial score (nSPS) is 9.95. The maximum atomic E-state index is 12.1. The number of amides is 2. The fourth-order valence-electron chi connectivity index (χ4n) is 1.88. The van der Waals surface area contributed by atoms with E-state index in [9.17, 15) is 9.59 Å². The third-order valence-corrected chi connectivity index (χ3v) is 2.94. The third kappa shape index (κ3) is 5.63. The Kier molecular flexibility index (Phi) is 7.81. The van der Waals surface area contributed by atoms with Crippen molar-refractivity contribution in [2.75, 3.05) is 32.8 Å². The highest BCUT2D eigenvalue weighted by Gasteiger charge is 2.16. The van der Waals surface area contributed by atoms with Crippen molar-refractivity contribution in [3.8, 4) is 11.5 Å². The van der Waals surface area contributed by atoms with E-state index >= 15 is 0 Å². The van der Waals surface area contributed by atoms with Gasteiger partial charge < -0.3 is 19.7 Å². The smallest absolute Gasteiger partial charge is 0.260 e. The minimum absolute atomic E-state index is 0.0413. The van der Waals surface area contributed by atoms with Gasteiger partial charge in [-0.3, -0.25) is 9.59 Å². The molecule has 0 heterocycles. The van der Waals surface area contributed by atoms with Crippen LogP contribution in [0.2, 0.25) is 0 Å². The third-order valence-electron chi connectivity index (χ3n) is 2.94. The Morgan fingerprint density at radius 3 is 2.27 bits per heavy atom. The molecule has 0 aliphatic heterocycles. The molecule has 1 N–H and O–H groups in total. The van der Waals surface area contributed by atoms with Gasteiger partial charge in [-0.15, -0.1) is 0 Å². The highest BCUT2D eigenvalue weighted by molar-refractivity contribution is 5.85. The first kappa shape index (κ1) is 17.8. The molecule has 0 fully saturated rings. The Bertz CT molecular complexity index is 491. The number of likely N-dealkylation sites (N-methyl/N-ethyl adjacent to an activating group) is 2. The molecule has 1 rings (SSSR count). The van der Waals surface area contributed by atoms with Crippen molar-refractivity contribution in [1.82, 2.24) is 10.2 Å². The van der Waals surface area contributed by atoms with Crippen LogP contribution in [-0.4, -0.2) is 49.6 Å². The van der Waals surface area contributed by atoms with Crippen molar-refractivity contribution in [3.63, 3.8) is 0 Å². The summed E-state index contributed by atoms with van der Waals surface area (Å²) in [7, 11) is 0. The summed E-state index contributed by atoms with van der Waals surface area (Å²) < 4.78 is 11.0. The fourth-order valence-corrected chi connectivity index (χ4v) is 1.88. The van der Waals surface area contributed by atoms with Crippen LogP contribution in [0.15, 0.2) is 24.3 Å². The van der Waals surface area contributed by atoms with Gasteiger partial charge >= 0.3 is 0 Å². The fraction of sp³-hybridized carbons (Fsp3) is 0.500. The molecule has 0 atom stereocenters. The molecule has 0 saturated carbocycles. The van der Waals surface area contributed by atoms with Gasteiger partial charge in [-0.25, -0.2) is 0 Å². The molecule has 0 aromatic heterocycles. The lowest BCUT2D eigenvalue weighted by Gasteiger charge is -2.20. The summed E-state index contributed by atoms with van der Waals surface area (Å²) in [6, 6.07) is 7.19. The molecule has 1 aromatic rings. The molecule has 0 aliphatic rings. The number of carbonyl (C=O) groups excluding carboxylic acids is 2. The highest BCUT2D eigenvalue weighted by Crippen LogP contribution is 2.26. The van der Waals surface area contributed by atoms with Gasteiger partial charge in [0.25, 0.3) is 5.91 Å². The second kappa shape index (κ2) is 9.65. The van der Waals surface area contributed by atoms with E-state index in [-0.39, 0.29) is 25.0 Å². The Balaban J connectivity index is 2.58. The van der Waals surface area contributed by atoms with Gasteiger partial charge in [0.2, 0.25) is 5.91 Å². The quantitative estimate of drug-likeness (QED) is 0.750. The first-order chi connectivity index (χ1) is 10.6. The van der Waals surface area contributed by atoms with Crippen molar-refractivity contribution in [2.24, 2.45) is 0 Å². The van der Waals surface area contributed by atoms with E-state index in [1.807, 2.05) is 32.9 Å². The summed E-state index contributed by atoms with van der Waals surface area (Å²) >= 11 is 0. The molecular weight excluding hydrogens is 284 g/mol. The molecule has 0 saturated heterocycles. The summed E-state index contributed by atoms with van der Waals surface area (Å²) in [6.45, 7) is 6.97. The van der Waals surface area contributed by atoms with E-state index in [2.05, 4.69) is 5.32 Å². The molecule has 0 aliphatic carbocycles. The van der Waals surface area contributed by atoms with Crippen molar-refractivity contribution in [2.45, 2.75) is 20.8 Å². The number of carbonyl (C=O) groups is 2. The molecule has 22 heavy (non-hydrogen) atoms. The van der Waals surface area contributed by atoms with Crippen LogP contribution in [0.25, 0.3) is 0 Å². The van der Waals surface area contributed by atoms with Crippen molar-refractivity contribution in [1.29, 1.82) is 0 Å². The molecule has 0 unspecified atom stereocenters. The number of benzene rings is 1. The molecule has 6 nitrogen and oxygen atoms in total. The van der Waals surface area contributed by atoms with Gasteiger partial charge in [-0.05, 0) is 32.9 Å². The lowest BCUT2D eigenvalue weighted by Crippen LogP contribution is -2.42. The van der Waals surface area contributed by atoms with Crippen LogP contribution in [0.5, 0.6) is 11.5 Å². The van der Waals surface area contributed by atoms with Crippen LogP contribution in [0.4, 0.5) is 0 Å². The number of para-hydroxylation sites is 2. The summed E-state index contributed by atoms with van der Waals surface area (Å²) in [6.07, 6.45) is 0. The summed E-state index contributed by atoms with van der Waals surface area (Å²) in [5.41, 5.74) is 0. The zero-order valence-electron chi connectivity index (χ0n) is 13.4. The van der Waals surface area contributed by atoms with Crippen molar-refractivity contribution in [3.05, 3.63) is 24.3 Å². The van der Waals surface area contributed by atoms with Crippen LogP contribution in [-0.2, 0) is 9.59 Å². The molecule has 0 radical (unpaired) electrons. The minimum atomic E-state index is -0.236. The topological polar surface area (TPSA) is 67.9 Å². The predicted octanol–water partition coefficient (Wildman–Crippen LogP) is 1.45. The Morgan fingerprint density at radius 2 is 1.73 bits per heavy atom. The van der Waals surface area contributed by atoms with Gasteiger partial charge in [-0.2, -0.15) is 0 Å². The molecule has 0 bridgehead atoms. The van der Waals surface area contributed by atoms with Crippen LogP contribution in [0.3, 0.4) is 0 Å². The van der Waals surface area contributed by atoms with E-state index in [0.29, 0.717) is 31.2 Å². The Morgan fingerprint density at radius 1 is 1.09 bits per heavy atom. The molecule has 122 valence electrons. The minimum Gasteiger partial charge on any atom is -0.490 e. The van der Waals surface area contributed by atoms with E-state index < -0.39 is 0 Å². The van der Waals surface area contributed by atoms with E-state index in [0.717, 1.165) is 0 Å². The monoisotopic (exact) mass is 308 g/mol. The molecule has 2 amide bonds. The van der Waals surface area contributed by atoms with Crippen LogP contribution in [0.1, 0.15) is 20.8 Å². The number of hydrogen-bond acceptors (Lipinski definition) is 4. The van der Waals surface area contributed by atoms with E-state index in [4.69, 9.17) is 9.47 Å². The average Bonchev–Trinajstić information content (AvgIpc) is 2.52. The summed E-state index contributed by atoms with van der Waals surface area (Å²) in [4.78, 5) is 25.2. The van der Waals surface area contributed by atoms with Crippen molar-refractivity contribution >= 4 is 11.8 Å². The largest absolute Gasteiger partial charge is 0.490 e. The zero-order valence-corrected chi connectivity index (χ0v) is 13.4. The van der Waals surface area contributed by atoms with Crippen LogP contribution in [0, 0.1) is 0 Å². The molecule has 1 aromatic carbocycles. The number of nitrogens with zero attached hydrogens (tertiary/aromatic N) is 1. The first-order valence-corrected chi connectivity index (χ1v) is 7.51. The summed E-state index contributed by atoms with van der Waals surface area (Å²) in [5, 5.41) is 2.67. The summed E-state index contributed by atoms with van der Waals surface area (Å²) in [5.74, 6) is 0.712. The lowest BCUT2D eigenvalue weighted by atomic mass is 10.3. The SMILES string of the molecule is CCNC(=O)CN(CC)C(=O)COc1ccccc1OCC. The van der Waals surface area contributed by atoms with E-state index in [1.54, 1.807) is 12.1 Å². The average molecular weight is 308 g/mol. The van der Waals surface area contributed by atoms with Gasteiger partial charge in [-0.1, -0.05) is 12.1 Å². The number of nitrogens with one attached hydrogen (secondary N) is 1. The number of rotatable bonds is 9. The first-order valence-electron chi connectivity index (χ1n) is 7.51. The van der Waals surface area contributed by atoms with Crippen molar-refractivity contribution < 1.29 is 19.1 Å². The van der Waals surface area contributed by atoms with Crippen LogP contribution >= 0.6 is 0 Å². The Hall–Kier alpha value is -2.24. The van der Waals surface area contributed by atoms with Gasteiger partial charge in [0.05, 0.1) is 13.2 Å². The molecular formula is C16H24N2O4. The molecule has 0 spiro atoms. The van der Waals surface area contributed by atoms with E-state index in [1.165, 1.54) is 4.90 Å². The second-order valence-corrected chi connectivity index (χ2v) is 4.53. The highest BCUT2D eigenvalue weighted by atomic mass is 16.5. The van der Waals surface area contributed by atoms with Gasteiger partial charge in [0.1, 0.15) is 0 Å². The number of ether oxygens (including phenoxy) is 2. The standard InChI is InChI=1S/C16H24N2O4/c1-4-17-15(19)11-18(5-2)16(20)12-22-14-10-8-7-9-13(14)21-6-3/h7-10H,4-6,11-12H2,1-3H3,(H,17,19).